The van der Waals surface area contributed by atoms with Crippen LogP contribution < -0.4 is 15.6 Å². The quantitative estimate of drug-likeness (QED) is 0.0830. The first-order valence-corrected chi connectivity index (χ1v) is 13.6. The fraction of sp³-hybridized carbons (Fsp3) is 0.0667. The Kier molecular flexibility index (Phi) is 8.72. The number of nitro benzene ring substituents is 1. The van der Waals surface area contributed by atoms with Gasteiger partial charge in [-0.3, -0.25) is 19.7 Å². The Hall–Kier alpha value is -5.44. The third kappa shape index (κ3) is 7.04. The molecule has 0 atom stereocenters. The number of alkyl halides is 3. The Morgan fingerprint density at radius 2 is 1.82 bits per heavy atom. The minimum absolute atomic E-state index is 0.0651. The van der Waals surface area contributed by atoms with Gasteiger partial charge in [0.2, 0.25) is 5.75 Å². The lowest BCUT2D eigenvalue weighted by Crippen LogP contribution is -2.21. The Balaban J connectivity index is 1.58. The second-order valence-corrected chi connectivity index (χ2v) is 10.3. The Morgan fingerprint density at radius 1 is 1.07 bits per heavy atom. The van der Waals surface area contributed by atoms with Crippen LogP contribution in [-0.2, 0) is 11.0 Å². The number of rotatable bonds is 8. The molecule has 0 fully saturated rings. The highest BCUT2D eigenvalue weighted by molar-refractivity contribution is 9.10. The fourth-order valence-corrected chi connectivity index (χ4v) is 4.73. The number of amides is 1. The van der Waals surface area contributed by atoms with Crippen molar-refractivity contribution >= 4 is 50.3 Å². The zero-order valence-electron chi connectivity index (χ0n) is 22.6. The second-order valence-electron chi connectivity index (χ2n) is 9.34. The van der Waals surface area contributed by atoms with Crippen LogP contribution in [0.15, 0.2) is 99.3 Å². The predicted octanol–water partition coefficient (Wildman–Crippen LogP) is 6.79. The normalized spacial score (nSPS) is 11.6. The van der Waals surface area contributed by atoms with Crippen LogP contribution in [0, 0.1) is 15.9 Å². The monoisotopic (exact) mass is 683 g/mol. The predicted molar refractivity (Wildman–Crippen MR) is 161 cm³/mol. The van der Waals surface area contributed by atoms with Crippen LogP contribution in [0.2, 0.25) is 0 Å². The summed E-state index contributed by atoms with van der Waals surface area (Å²) in [7, 11) is 0. The lowest BCUT2D eigenvalue weighted by molar-refractivity contribution is -0.385. The SMILES string of the molecule is O=C(COc1c(C=Nn2c(-c3cccc(C(F)(F)F)c3)nc3ccccc3c2=O)cc(Br)cc1[N+](=O)[O-])Nc1cccc(F)c1. The van der Waals surface area contributed by atoms with Gasteiger partial charge in [-0.25, -0.2) is 9.37 Å². The molecule has 5 aromatic rings. The molecule has 15 heteroatoms. The average Bonchev–Trinajstić information content (AvgIpc) is 2.99. The number of carbonyl (C=O) groups is 1. The molecule has 4 aromatic carbocycles. The van der Waals surface area contributed by atoms with Gasteiger partial charge in [-0.15, -0.1) is 0 Å². The molecule has 0 saturated heterocycles. The van der Waals surface area contributed by atoms with Gasteiger partial charge in [0.15, 0.2) is 12.4 Å². The van der Waals surface area contributed by atoms with Gasteiger partial charge >= 0.3 is 11.9 Å². The van der Waals surface area contributed by atoms with E-state index in [2.05, 4.69) is 31.3 Å². The van der Waals surface area contributed by atoms with Crippen molar-refractivity contribution < 1.29 is 32.0 Å². The Labute approximate surface area is 258 Å². The van der Waals surface area contributed by atoms with E-state index in [9.17, 15) is 37.3 Å². The Morgan fingerprint density at radius 3 is 2.56 bits per heavy atom. The van der Waals surface area contributed by atoms with Crippen molar-refractivity contribution in [2.75, 3.05) is 11.9 Å². The van der Waals surface area contributed by atoms with Crippen LogP contribution in [0.3, 0.4) is 0 Å². The van der Waals surface area contributed by atoms with Crippen LogP contribution in [0.4, 0.5) is 28.9 Å². The minimum Gasteiger partial charge on any atom is -0.476 e. The number of carbonyl (C=O) groups excluding carboxylic acids is 1. The third-order valence-electron chi connectivity index (χ3n) is 6.23. The van der Waals surface area contributed by atoms with Crippen LogP contribution in [0.25, 0.3) is 22.3 Å². The number of fused-ring (bicyclic) bond motifs is 1. The summed E-state index contributed by atoms with van der Waals surface area (Å²) < 4.78 is 60.5. The van der Waals surface area contributed by atoms with Crippen LogP contribution >= 0.6 is 15.9 Å². The molecule has 0 unspecified atom stereocenters. The van der Waals surface area contributed by atoms with E-state index in [4.69, 9.17) is 4.74 Å². The first kappa shape index (κ1) is 31.0. The van der Waals surface area contributed by atoms with Crippen molar-refractivity contribution in [3.63, 3.8) is 0 Å². The van der Waals surface area contributed by atoms with Gasteiger partial charge in [0.25, 0.3) is 11.5 Å². The van der Waals surface area contributed by atoms with E-state index < -0.39 is 52.0 Å². The van der Waals surface area contributed by atoms with Gasteiger partial charge in [-0.05, 0) is 48.5 Å². The zero-order valence-corrected chi connectivity index (χ0v) is 24.2. The molecule has 1 N–H and O–H groups in total. The van der Waals surface area contributed by atoms with Gasteiger partial charge in [-0.1, -0.05) is 46.3 Å². The average molecular weight is 684 g/mol. The molecule has 1 heterocycles. The minimum atomic E-state index is -4.68. The van der Waals surface area contributed by atoms with Gasteiger partial charge in [0.05, 0.1) is 27.6 Å². The molecule has 0 aliphatic rings. The van der Waals surface area contributed by atoms with Crippen molar-refractivity contribution in [3.05, 3.63) is 127 Å². The standard InChI is InChI=1S/C30H18BrF4N5O5/c31-20-12-18(27(25(13-20)40(43)44)45-16-26(41)37-22-8-4-7-21(32)14-22)15-36-39-28(17-5-3-6-19(11-17)30(33,34)35)38-24-10-2-1-9-23(24)29(39)42/h1-15H,16H2,(H,37,41). The lowest BCUT2D eigenvalue weighted by atomic mass is 10.1. The highest BCUT2D eigenvalue weighted by atomic mass is 79.9. The summed E-state index contributed by atoms with van der Waals surface area (Å²) >= 11 is 3.17. The van der Waals surface area contributed by atoms with Crippen molar-refractivity contribution in [1.82, 2.24) is 9.66 Å². The van der Waals surface area contributed by atoms with E-state index in [-0.39, 0.29) is 38.0 Å². The van der Waals surface area contributed by atoms with Gasteiger partial charge in [0.1, 0.15) is 5.82 Å². The third-order valence-corrected chi connectivity index (χ3v) is 6.69. The summed E-state index contributed by atoms with van der Waals surface area (Å²) in [6.07, 6.45) is -3.66. The molecule has 0 radical (unpaired) electrons. The number of halogens is 5. The first-order chi connectivity index (χ1) is 21.4. The summed E-state index contributed by atoms with van der Waals surface area (Å²) in [6, 6.07) is 17.8. The van der Waals surface area contributed by atoms with E-state index in [1.165, 1.54) is 42.5 Å². The van der Waals surface area contributed by atoms with E-state index in [0.29, 0.717) is 0 Å². The van der Waals surface area contributed by atoms with E-state index in [1.54, 1.807) is 12.1 Å². The van der Waals surface area contributed by atoms with Crippen LogP contribution in [0.5, 0.6) is 5.75 Å². The lowest BCUT2D eigenvalue weighted by Gasteiger charge is -2.13. The number of para-hydroxylation sites is 1. The molecule has 10 nitrogen and oxygen atoms in total. The highest BCUT2D eigenvalue weighted by Gasteiger charge is 2.31. The topological polar surface area (TPSA) is 129 Å². The van der Waals surface area contributed by atoms with Gasteiger partial charge in [-0.2, -0.15) is 22.9 Å². The Bertz CT molecular complexity index is 2050. The van der Waals surface area contributed by atoms with Gasteiger partial charge in [0, 0.05) is 27.4 Å². The maximum Gasteiger partial charge on any atom is 0.416 e. The summed E-state index contributed by atoms with van der Waals surface area (Å²) in [5.74, 6) is -1.99. The molecule has 45 heavy (non-hydrogen) atoms. The van der Waals surface area contributed by atoms with Crippen LogP contribution in [0.1, 0.15) is 11.1 Å². The second kappa shape index (κ2) is 12.7. The largest absolute Gasteiger partial charge is 0.476 e. The van der Waals surface area contributed by atoms with Crippen LogP contribution in [-0.4, -0.2) is 33.3 Å². The molecule has 5 rings (SSSR count). The summed E-state index contributed by atoms with van der Waals surface area (Å²) in [6.45, 7) is -0.729. The number of aromatic nitrogens is 2. The number of benzene rings is 4. The number of nitrogens with one attached hydrogen (secondary N) is 1. The van der Waals surface area contributed by atoms with Crippen molar-refractivity contribution in [2.24, 2.45) is 5.10 Å². The molecule has 0 spiro atoms. The molecule has 0 aliphatic carbocycles. The molecular weight excluding hydrogens is 666 g/mol. The number of hydrogen-bond donors (Lipinski definition) is 1. The van der Waals surface area contributed by atoms with Crippen molar-refractivity contribution in [3.8, 4) is 17.1 Å². The van der Waals surface area contributed by atoms with Gasteiger partial charge < -0.3 is 10.1 Å². The highest BCUT2D eigenvalue weighted by Crippen LogP contribution is 2.35. The molecular formula is C30H18BrF4N5O5. The molecule has 1 amide bonds. The number of anilines is 1. The van der Waals surface area contributed by atoms with Crippen molar-refractivity contribution in [1.29, 1.82) is 0 Å². The number of nitrogens with zero attached hydrogens (tertiary/aromatic N) is 4. The number of hydrogen-bond acceptors (Lipinski definition) is 7. The first-order valence-electron chi connectivity index (χ1n) is 12.8. The number of ether oxygens (including phenoxy) is 1. The molecule has 1 aromatic heterocycles. The zero-order chi connectivity index (χ0) is 32.3. The maximum atomic E-state index is 13.5. The fourth-order valence-electron chi connectivity index (χ4n) is 4.26. The van der Waals surface area contributed by atoms with E-state index in [1.807, 2.05) is 0 Å². The van der Waals surface area contributed by atoms with Crippen molar-refractivity contribution in [2.45, 2.75) is 6.18 Å². The molecule has 228 valence electrons. The molecule has 0 aliphatic heterocycles. The van der Waals surface area contributed by atoms with E-state index in [0.717, 1.165) is 41.2 Å². The summed E-state index contributed by atoms with van der Waals surface area (Å²) in [5.41, 5.74) is -2.08. The summed E-state index contributed by atoms with van der Waals surface area (Å²) in [5, 5.41) is 18.6. The number of nitro groups is 1. The molecule has 0 bridgehead atoms. The van der Waals surface area contributed by atoms with E-state index >= 15 is 0 Å². The molecule has 0 saturated carbocycles. The smallest absolute Gasteiger partial charge is 0.416 e. The summed E-state index contributed by atoms with van der Waals surface area (Å²) in [4.78, 5) is 41.5. The maximum absolute atomic E-state index is 13.5.